The first-order valence-electron chi connectivity index (χ1n) is 6.57. The second-order valence-electron chi connectivity index (χ2n) is 4.60. The van der Waals surface area contributed by atoms with Gasteiger partial charge in [0.2, 0.25) is 0 Å². The summed E-state index contributed by atoms with van der Waals surface area (Å²) in [5.74, 6) is 1.66. The molecule has 0 aliphatic carbocycles. The fraction of sp³-hybridized carbons (Fsp3) is 0.400. The molecule has 0 saturated carbocycles. The third kappa shape index (κ3) is 2.93. The standard InChI is InChI=1S/C15H21N3O2/c1-11-7-8-17-18(11)10-14(16-2)13-9-12(19-3)5-6-15(13)20-4/h5-9,14,16H,10H2,1-4H3. The summed E-state index contributed by atoms with van der Waals surface area (Å²) < 4.78 is 12.7. The summed E-state index contributed by atoms with van der Waals surface area (Å²) in [5, 5.41) is 7.65. The highest BCUT2D eigenvalue weighted by Crippen LogP contribution is 2.30. The normalized spacial score (nSPS) is 12.2. The van der Waals surface area contributed by atoms with Gasteiger partial charge in [-0.2, -0.15) is 5.10 Å². The summed E-state index contributed by atoms with van der Waals surface area (Å²) in [6, 6.07) is 7.91. The lowest BCUT2D eigenvalue weighted by atomic mass is 10.1. The van der Waals surface area contributed by atoms with Gasteiger partial charge in [-0.05, 0) is 38.2 Å². The lowest BCUT2D eigenvalue weighted by molar-refractivity contribution is 0.381. The van der Waals surface area contributed by atoms with Crippen molar-refractivity contribution < 1.29 is 9.47 Å². The van der Waals surface area contributed by atoms with Crippen LogP contribution in [0, 0.1) is 6.92 Å². The van der Waals surface area contributed by atoms with Crippen LogP contribution in [0.5, 0.6) is 11.5 Å². The summed E-state index contributed by atoms with van der Waals surface area (Å²) in [4.78, 5) is 0. The Morgan fingerprint density at radius 2 is 2.05 bits per heavy atom. The molecule has 20 heavy (non-hydrogen) atoms. The van der Waals surface area contributed by atoms with Gasteiger partial charge in [-0.15, -0.1) is 0 Å². The van der Waals surface area contributed by atoms with Crippen molar-refractivity contribution in [2.45, 2.75) is 19.5 Å². The number of nitrogens with one attached hydrogen (secondary N) is 1. The quantitative estimate of drug-likeness (QED) is 0.877. The molecule has 1 atom stereocenters. The zero-order valence-electron chi connectivity index (χ0n) is 12.4. The highest BCUT2D eigenvalue weighted by Gasteiger charge is 2.17. The Balaban J connectivity index is 2.33. The summed E-state index contributed by atoms with van der Waals surface area (Å²) in [6.07, 6.45) is 1.81. The molecule has 108 valence electrons. The Bertz CT molecular complexity index is 566. The lowest BCUT2D eigenvalue weighted by Crippen LogP contribution is -2.23. The Hall–Kier alpha value is -2.01. The number of ether oxygens (including phenoxy) is 2. The van der Waals surface area contributed by atoms with Crippen LogP contribution in [0.15, 0.2) is 30.5 Å². The van der Waals surface area contributed by atoms with Gasteiger partial charge in [0.15, 0.2) is 0 Å². The second kappa shape index (κ2) is 6.43. The van der Waals surface area contributed by atoms with E-state index in [0.29, 0.717) is 0 Å². The second-order valence-corrected chi connectivity index (χ2v) is 4.60. The first-order valence-corrected chi connectivity index (χ1v) is 6.57. The fourth-order valence-corrected chi connectivity index (χ4v) is 2.22. The van der Waals surface area contributed by atoms with E-state index in [1.165, 1.54) is 0 Å². The number of methoxy groups -OCH3 is 2. The van der Waals surface area contributed by atoms with E-state index < -0.39 is 0 Å². The molecule has 5 heteroatoms. The number of hydrogen-bond donors (Lipinski definition) is 1. The number of hydrogen-bond acceptors (Lipinski definition) is 4. The van der Waals surface area contributed by atoms with Crippen LogP contribution in [0.25, 0.3) is 0 Å². The molecule has 0 saturated heterocycles. The van der Waals surface area contributed by atoms with E-state index in [1.54, 1.807) is 14.2 Å². The summed E-state index contributed by atoms with van der Waals surface area (Å²) in [6.45, 7) is 2.78. The molecule has 0 aliphatic rings. The van der Waals surface area contributed by atoms with Crippen molar-refractivity contribution in [3.63, 3.8) is 0 Å². The van der Waals surface area contributed by atoms with Crippen LogP contribution in [-0.4, -0.2) is 31.0 Å². The molecule has 0 radical (unpaired) electrons. The van der Waals surface area contributed by atoms with Crippen molar-refractivity contribution >= 4 is 0 Å². The molecule has 1 N–H and O–H groups in total. The molecule has 0 amide bonds. The van der Waals surface area contributed by atoms with Gasteiger partial charge >= 0.3 is 0 Å². The van der Waals surface area contributed by atoms with Crippen molar-refractivity contribution in [2.75, 3.05) is 21.3 Å². The van der Waals surface area contributed by atoms with Crippen LogP contribution >= 0.6 is 0 Å². The predicted octanol–water partition coefficient (Wildman–Crippen LogP) is 2.17. The first-order chi connectivity index (χ1) is 9.69. The van der Waals surface area contributed by atoms with E-state index in [-0.39, 0.29) is 6.04 Å². The minimum atomic E-state index is 0.0960. The molecular formula is C15H21N3O2. The highest BCUT2D eigenvalue weighted by atomic mass is 16.5. The van der Waals surface area contributed by atoms with Crippen LogP contribution in [0.3, 0.4) is 0 Å². The topological polar surface area (TPSA) is 48.3 Å². The van der Waals surface area contributed by atoms with Crippen molar-refractivity contribution in [3.8, 4) is 11.5 Å². The van der Waals surface area contributed by atoms with Crippen molar-refractivity contribution in [1.82, 2.24) is 15.1 Å². The van der Waals surface area contributed by atoms with E-state index in [4.69, 9.17) is 9.47 Å². The average molecular weight is 275 g/mol. The van der Waals surface area contributed by atoms with Crippen molar-refractivity contribution in [2.24, 2.45) is 0 Å². The third-order valence-electron chi connectivity index (χ3n) is 3.45. The molecule has 0 aliphatic heterocycles. The van der Waals surface area contributed by atoms with Gasteiger partial charge in [-0.1, -0.05) is 0 Å². The minimum absolute atomic E-state index is 0.0960. The minimum Gasteiger partial charge on any atom is -0.497 e. The highest BCUT2D eigenvalue weighted by molar-refractivity contribution is 5.42. The molecule has 1 unspecified atom stereocenters. The van der Waals surface area contributed by atoms with Gasteiger partial charge in [0.05, 0.1) is 26.8 Å². The maximum absolute atomic E-state index is 5.45. The van der Waals surface area contributed by atoms with Gasteiger partial charge in [0.1, 0.15) is 11.5 Å². The predicted molar refractivity (Wildman–Crippen MR) is 78.3 cm³/mol. The van der Waals surface area contributed by atoms with Gasteiger partial charge in [0.25, 0.3) is 0 Å². The number of rotatable bonds is 6. The van der Waals surface area contributed by atoms with Crippen LogP contribution in [-0.2, 0) is 6.54 Å². The van der Waals surface area contributed by atoms with Crippen LogP contribution < -0.4 is 14.8 Å². The number of aryl methyl sites for hydroxylation is 1. The van der Waals surface area contributed by atoms with Crippen molar-refractivity contribution in [3.05, 3.63) is 41.7 Å². The van der Waals surface area contributed by atoms with Crippen molar-refractivity contribution in [1.29, 1.82) is 0 Å². The molecular weight excluding hydrogens is 254 g/mol. The first kappa shape index (κ1) is 14.4. The molecule has 1 heterocycles. The van der Waals surface area contributed by atoms with E-state index >= 15 is 0 Å². The molecule has 0 bridgehead atoms. The Morgan fingerprint density at radius 3 is 2.60 bits per heavy atom. The number of likely N-dealkylation sites (N-methyl/N-ethyl adjacent to an activating group) is 1. The molecule has 1 aromatic carbocycles. The molecule has 0 spiro atoms. The lowest BCUT2D eigenvalue weighted by Gasteiger charge is -2.20. The van der Waals surface area contributed by atoms with Gasteiger partial charge < -0.3 is 14.8 Å². The molecule has 2 aromatic rings. The Morgan fingerprint density at radius 1 is 1.25 bits per heavy atom. The summed E-state index contributed by atoms with van der Waals surface area (Å²) in [5.41, 5.74) is 2.19. The van der Waals surface area contributed by atoms with Gasteiger partial charge in [0, 0.05) is 17.5 Å². The smallest absolute Gasteiger partial charge is 0.123 e. The Labute approximate surface area is 119 Å². The maximum Gasteiger partial charge on any atom is 0.123 e. The summed E-state index contributed by atoms with van der Waals surface area (Å²) >= 11 is 0. The number of nitrogens with zero attached hydrogens (tertiary/aromatic N) is 2. The van der Waals surface area contributed by atoms with E-state index in [1.807, 2.05) is 49.1 Å². The molecule has 5 nitrogen and oxygen atoms in total. The van der Waals surface area contributed by atoms with Gasteiger partial charge in [-0.3, -0.25) is 4.68 Å². The monoisotopic (exact) mass is 275 g/mol. The molecule has 1 aromatic heterocycles. The Kier molecular flexibility index (Phi) is 4.63. The van der Waals surface area contributed by atoms with Crippen LogP contribution in [0.1, 0.15) is 17.3 Å². The van der Waals surface area contributed by atoms with Crippen LogP contribution in [0.4, 0.5) is 0 Å². The molecule has 2 rings (SSSR count). The van der Waals surface area contributed by atoms with E-state index in [9.17, 15) is 0 Å². The SMILES string of the molecule is CNC(Cn1nccc1C)c1cc(OC)ccc1OC. The zero-order chi connectivity index (χ0) is 14.5. The molecule has 0 fully saturated rings. The van der Waals surface area contributed by atoms with E-state index in [0.717, 1.165) is 29.3 Å². The zero-order valence-corrected chi connectivity index (χ0v) is 12.4. The maximum atomic E-state index is 5.45. The largest absolute Gasteiger partial charge is 0.497 e. The summed E-state index contributed by atoms with van der Waals surface area (Å²) in [7, 11) is 5.28. The van der Waals surface area contributed by atoms with Crippen LogP contribution in [0.2, 0.25) is 0 Å². The van der Waals surface area contributed by atoms with Gasteiger partial charge in [-0.25, -0.2) is 0 Å². The number of aromatic nitrogens is 2. The third-order valence-corrected chi connectivity index (χ3v) is 3.45. The number of benzene rings is 1. The average Bonchev–Trinajstić information content (AvgIpc) is 2.89. The van der Waals surface area contributed by atoms with E-state index in [2.05, 4.69) is 10.4 Å². The fourth-order valence-electron chi connectivity index (χ4n) is 2.22.